The van der Waals surface area contributed by atoms with Crippen molar-refractivity contribution in [3.63, 3.8) is 0 Å². The molecule has 26 heavy (non-hydrogen) atoms. The van der Waals surface area contributed by atoms with E-state index in [4.69, 9.17) is 5.73 Å². The van der Waals surface area contributed by atoms with Crippen LogP contribution >= 0.6 is 0 Å². The Bertz CT molecular complexity index is 1070. The molecule has 1 aromatic carbocycles. The van der Waals surface area contributed by atoms with Gasteiger partial charge in [-0.15, -0.1) is 0 Å². The Morgan fingerprint density at radius 2 is 2.00 bits per heavy atom. The summed E-state index contributed by atoms with van der Waals surface area (Å²) in [5.41, 5.74) is 12.8. The smallest absolute Gasteiger partial charge is 0.141 e. The summed E-state index contributed by atoms with van der Waals surface area (Å²) in [6.45, 7) is 0.593. The molecule has 3 N–H and O–H groups in total. The third kappa shape index (κ3) is 2.24. The summed E-state index contributed by atoms with van der Waals surface area (Å²) < 4.78 is 0. The van der Waals surface area contributed by atoms with Crippen LogP contribution in [0.4, 0.5) is 0 Å². The van der Waals surface area contributed by atoms with E-state index in [2.05, 4.69) is 50.3 Å². The Balaban J connectivity index is 1.61. The Hall–Kier alpha value is -3.05. The summed E-state index contributed by atoms with van der Waals surface area (Å²) in [6.07, 6.45) is 7.18. The van der Waals surface area contributed by atoms with E-state index in [0.29, 0.717) is 6.54 Å². The molecule has 0 saturated heterocycles. The molecule has 128 valence electrons. The number of hydrogen-bond donors (Lipinski definition) is 2. The molecule has 1 aliphatic carbocycles. The molecule has 0 amide bonds. The first-order valence-electron chi connectivity index (χ1n) is 8.81. The molecular weight excluding hydrogens is 322 g/mol. The average Bonchev–Trinajstić information content (AvgIpc) is 3.32. The largest absolute Gasteiger partial charge is 0.346 e. The summed E-state index contributed by atoms with van der Waals surface area (Å²) >= 11 is 0. The minimum absolute atomic E-state index is 0.100. The third-order valence-corrected chi connectivity index (χ3v) is 5.51. The zero-order chi connectivity index (χ0) is 17.6. The first-order valence-corrected chi connectivity index (χ1v) is 8.81. The summed E-state index contributed by atoms with van der Waals surface area (Å²) in [5, 5.41) is 1.03. The minimum atomic E-state index is -0.100. The van der Waals surface area contributed by atoms with E-state index >= 15 is 0 Å². The summed E-state index contributed by atoms with van der Waals surface area (Å²) in [6, 6.07) is 14.8. The molecule has 0 fully saturated rings. The third-order valence-electron chi connectivity index (χ3n) is 5.51. The van der Waals surface area contributed by atoms with Gasteiger partial charge in [0.1, 0.15) is 12.0 Å². The van der Waals surface area contributed by atoms with Crippen molar-refractivity contribution in [2.75, 3.05) is 6.54 Å². The number of rotatable bonds is 3. The van der Waals surface area contributed by atoms with E-state index < -0.39 is 0 Å². The fourth-order valence-electron chi connectivity index (χ4n) is 4.10. The van der Waals surface area contributed by atoms with Crippen LogP contribution in [-0.2, 0) is 18.3 Å². The summed E-state index contributed by atoms with van der Waals surface area (Å²) in [5.74, 6) is 0. The number of H-pyrrole nitrogens is 1. The van der Waals surface area contributed by atoms with E-state index in [-0.39, 0.29) is 5.41 Å². The molecule has 0 saturated carbocycles. The number of benzene rings is 1. The van der Waals surface area contributed by atoms with Crippen LogP contribution in [0.15, 0.2) is 61.2 Å². The first-order chi connectivity index (χ1) is 12.8. The molecule has 1 atom stereocenters. The molecule has 0 radical (unpaired) electrons. The van der Waals surface area contributed by atoms with E-state index in [1.165, 1.54) is 16.8 Å². The van der Waals surface area contributed by atoms with Crippen LogP contribution in [0.3, 0.4) is 0 Å². The van der Waals surface area contributed by atoms with Crippen molar-refractivity contribution >= 4 is 11.0 Å². The minimum Gasteiger partial charge on any atom is -0.346 e. The van der Waals surface area contributed by atoms with Gasteiger partial charge in [-0.2, -0.15) is 0 Å². The molecule has 4 aromatic rings. The lowest BCUT2D eigenvalue weighted by Crippen LogP contribution is -2.36. The monoisotopic (exact) mass is 341 g/mol. The predicted octanol–water partition coefficient (Wildman–Crippen LogP) is 3.02. The quantitative estimate of drug-likeness (QED) is 0.600. The maximum absolute atomic E-state index is 6.28. The van der Waals surface area contributed by atoms with Gasteiger partial charge in [0.25, 0.3) is 0 Å². The lowest BCUT2D eigenvalue weighted by molar-refractivity contribution is 0.461. The van der Waals surface area contributed by atoms with Crippen molar-refractivity contribution in [1.82, 2.24) is 19.9 Å². The number of nitrogens with zero attached hydrogens (tertiary/aromatic N) is 3. The molecule has 0 spiro atoms. The van der Waals surface area contributed by atoms with Gasteiger partial charge in [-0.25, -0.2) is 9.97 Å². The van der Waals surface area contributed by atoms with Crippen LogP contribution in [0.5, 0.6) is 0 Å². The van der Waals surface area contributed by atoms with Crippen molar-refractivity contribution in [2.24, 2.45) is 5.73 Å². The fourth-order valence-corrected chi connectivity index (χ4v) is 4.10. The van der Waals surface area contributed by atoms with Crippen molar-refractivity contribution < 1.29 is 0 Å². The van der Waals surface area contributed by atoms with Gasteiger partial charge in [0.05, 0.1) is 5.69 Å². The molecule has 3 aromatic heterocycles. The second-order valence-corrected chi connectivity index (χ2v) is 6.99. The van der Waals surface area contributed by atoms with Gasteiger partial charge in [-0.1, -0.05) is 24.3 Å². The lowest BCUT2D eigenvalue weighted by Gasteiger charge is -2.28. The first kappa shape index (κ1) is 15.2. The molecule has 3 heterocycles. The van der Waals surface area contributed by atoms with Gasteiger partial charge in [-0.3, -0.25) is 4.98 Å². The Labute approximate surface area is 151 Å². The molecule has 0 aliphatic heterocycles. The Morgan fingerprint density at radius 3 is 2.88 bits per heavy atom. The topological polar surface area (TPSA) is 80.5 Å². The molecule has 5 rings (SSSR count). The van der Waals surface area contributed by atoms with Crippen molar-refractivity contribution in [2.45, 2.75) is 18.3 Å². The van der Waals surface area contributed by atoms with Crippen LogP contribution in [0.25, 0.3) is 22.3 Å². The molecular formula is C21H19N5. The summed E-state index contributed by atoms with van der Waals surface area (Å²) in [4.78, 5) is 16.5. The van der Waals surface area contributed by atoms with E-state index in [9.17, 15) is 0 Å². The highest BCUT2D eigenvalue weighted by atomic mass is 14.9. The zero-order valence-corrected chi connectivity index (χ0v) is 14.3. The van der Waals surface area contributed by atoms with E-state index in [1.54, 1.807) is 6.33 Å². The van der Waals surface area contributed by atoms with Gasteiger partial charge in [0.15, 0.2) is 0 Å². The maximum atomic E-state index is 6.28. The Morgan fingerprint density at radius 1 is 1.04 bits per heavy atom. The maximum Gasteiger partial charge on any atom is 0.141 e. The van der Waals surface area contributed by atoms with Crippen molar-refractivity contribution in [1.29, 1.82) is 0 Å². The highest BCUT2D eigenvalue weighted by Gasteiger charge is 2.38. The number of pyridine rings is 1. The highest BCUT2D eigenvalue weighted by Crippen LogP contribution is 2.39. The molecule has 1 unspecified atom stereocenters. The number of nitrogens with two attached hydrogens (primary N) is 1. The number of nitrogens with one attached hydrogen (secondary N) is 1. The van der Waals surface area contributed by atoms with Gasteiger partial charge in [0, 0.05) is 47.4 Å². The number of fused-ring (bicyclic) bond motifs is 2. The lowest BCUT2D eigenvalue weighted by atomic mass is 9.77. The van der Waals surface area contributed by atoms with Gasteiger partial charge < -0.3 is 10.7 Å². The Kier molecular flexibility index (Phi) is 3.36. The second-order valence-electron chi connectivity index (χ2n) is 6.99. The van der Waals surface area contributed by atoms with Crippen LogP contribution < -0.4 is 5.73 Å². The van der Waals surface area contributed by atoms with Crippen LogP contribution in [-0.4, -0.2) is 26.5 Å². The molecule has 0 bridgehead atoms. The molecule has 5 nitrogen and oxygen atoms in total. The number of aromatic nitrogens is 4. The SMILES string of the molecule is NCC1(c2cccc(-c3ncnc4[nH]ccc34)c2)Cc2cccnc2C1. The normalized spacial score (nSPS) is 19.0. The standard InChI is InChI=1S/C21H19N5/c22-12-21(10-15-4-2-7-23-18(15)11-21)16-5-1-3-14(9-16)19-17-6-8-24-20(17)26-13-25-19/h1-9,13H,10-12,22H2,(H,24,25,26). The molecule has 5 heteroatoms. The second kappa shape index (κ2) is 5.75. The average molecular weight is 341 g/mol. The highest BCUT2D eigenvalue weighted by molar-refractivity contribution is 5.90. The van der Waals surface area contributed by atoms with Crippen LogP contribution in [0, 0.1) is 0 Å². The number of aromatic amines is 1. The van der Waals surface area contributed by atoms with Gasteiger partial charge in [-0.05, 0) is 35.7 Å². The molecule has 1 aliphatic rings. The van der Waals surface area contributed by atoms with E-state index in [1.807, 2.05) is 24.5 Å². The van der Waals surface area contributed by atoms with Crippen LogP contribution in [0.1, 0.15) is 16.8 Å². The van der Waals surface area contributed by atoms with Crippen molar-refractivity contribution in [3.8, 4) is 11.3 Å². The number of hydrogen-bond acceptors (Lipinski definition) is 4. The fraction of sp³-hybridized carbons (Fsp3) is 0.190. The van der Waals surface area contributed by atoms with Gasteiger partial charge in [0.2, 0.25) is 0 Å². The zero-order valence-electron chi connectivity index (χ0n) is 14.3. The van der Waals surface area contributed by atoms with Crippen molar-refractivity contribution in [3.05, 3.63) is 78.0 Å². The van der Waals surface area contributed by atoms with Gasteiger partial charge >= 0.3 is 0 Å². The predicted molar refractivity (Wildman–Crippen MR) is 102 cm³/mol. The van der Waals surface area contributed by atoms with E-state index in [0.717, 1.165) is 35.1 Å². The summed E-state index contributed by atoms with van der Waals surface area (Å²) in [7, 11) is 0. The van der Waals surface area contributed by atoms with Crippen LogP contribution in [0.2, 0.25) is 0 Å².